The fourth-order valence-electron chi connectivity index (χ4n) is 1.59. The molecule has 0 saturated heterocycles. The fourth-order valence-corrected chi connectivity index (χ4v) is 1.59. The summed E-state index contributed by atoms with van der Waals surface area (Å²) in [6.45, 7) is 4.52. The average Bonchev–Trinajstić information content (AvgIpc) is 2.68. The van der Waals surface area contributed by atoms with Crippen molar-refractivity contribution in [2.75, 3.05) is 0 Å². The van der Waals surface area contributed by atoms with Gasteiger partial charge in [0.1, 0.15) is 0 Å². The van der Waals surface area contributed by atoms with Crippen LogP contribution in [0, 0.1) is 0 Å². The molecule has 0 aliphatic carbocycles. The van der Waals surface area contributed by atoms with Gasteiger partial charge in [0.15, 0.2) is 11.9 Å². The second-order valence-electron chi connectivity index (χ2n) is 4.29. The third kappa shape index (κ3) is 5.43. The molecule has 0 saturated carbocycles. The number of rotatable bonds is 5. The van der Waals surface area contributed by atoms with Gasteiger partial charge in [-0.3, -0.25) is 19.2 Å². The monoisotopic (exact) mass is 316 g/mol. The van der Waals surface area contributed by atoms with Gasteiger partial charge >= 0.3 is 30.2 Å². The summed E-state index contributed by atoms with van der Waals surface area (Å²) in [4.78, 5) is 44.2. The van der Waals surface area contributed by atoms with Gasteiger partial charge in [0.05, 0.1) is 0 Å². The molecule has 1 heterocycles. The molecule has 9 nitrogen and oxygen atoms in total. The highest BCUT2D eigenvalue weighted by Crippen LogP contribution is 2.26. The Morgan fingerprint density at radius 3 is 1.82 bits per heavy atom. The minimum Gasteiger partial charge on any atom is -0.450 e. The molecular formula is C13H16O9. The van der Waals surface area contributed by atoms with E-state index >= 15 is 0 Å². The Morgan fingerprint density at radius 2 is 1.41 bits per heavy atom. The van der Waals surface area contributed by atoms with Crippen LogP contribution in [0.5, 0.6) is 0 Å². The van der Waals surface area contributed by atoms with Gasteiger partial charge in [-0.05, 0) is 0 Å². The number of ether oxygens (including phenoxy) is 5. The van der Waals surface area contributed by atoms with Crippen LogP contribution in [0.1, 0.15) is 27.7 Å². The summed E-state index contributed by atoms with van der Waals surface area (Å²) in [5.74, 6) is -2.89. The third-order valence-corrected chi connectivity index (χ3v) is 2.21. The highest BCUT2D eigenvalue weighted by Gasteiger charge is 2.39. The second kappa shape index (κ2) is 7.43. The van der Waals surface area contributed by atoms with Crippen LogP contribution >= 0.6 is 0 Å². The van der Waals surface area contributed by atoms with Gasteiger partial charge in [0, 0.05) is 33.8 Å². The number of carbonyl (C=O) groups is 4. The topological polar surface area (TPSA) is 114 Å². The lowest BCUT2D eigenvalue weighted by atomic mass is 10.3. The molecule has 2 atom stereocenters. The van der Waals surface area contributed by atoms with Crippen LogP contribution in [0.4, 0.5) is 0 Å². The molecule has 0 N–H and O–H groups in total. The number of hydrogen-bond acceptors (Lipinski definition) is 9. The standard InChI is InChI=1S/C13H16O9/c1-6(14)18-10-5-11(22-13(10)21-9(4)17)12(19-7(2)15)20-8(3)16/h5,10,12-13H,1-4H3. The van der Waals surface area contributed by atoms with E-state index < -0.39 is 42.6 Å². The van der Waals surface area contributed by atoms with Gasteiger partial charge in [-0.2, -0.15) is 0 Å². The van der Waals surface area contributed by atoms with Crippen LogP contribution in [-0.2, 0) is 42.9 Å². The zero-order valence-electron chi connectivity index (χ0n) is 12.5. The van der Waals surface area contributed by atoms with Crippen molar-refractivity contribution in [2.45, 2.75) is 46.4 Å². The summed E-state index contributed by atoms with van der Waals surface area (Å²) in [6.07, 6.45) is -2.55. The van der Waals surface area contributed by atoms with E-state index in [1.54, 1.807) is 0 Å². The first-order chi connectivity index (χ1) is 10.2. The van der Waals surface area contributed by atoms with Crippen molar-refractivity contribution < 1.29 is 42.9 Å². The van der Waals surface area contributed by atoms with Crippen LogP contribution < -0.4 is 0 Å². The Balaban J connectivity index is 2.93. The first kappa shape index (κ1) is 17.5. The van der Waals surface area contributed by atoms with Crippen molar-refractivity contribution in [3.05, 3.63) is 11.8 Å². The number of hydrogen-bond donors (Lipinski definition) is 0. The van der Waals surface area contributed by atoms with Gasteiger partial charge < -0.3 is 23.7 Å². The fraction of sp³-hybridized carbons (Fsp3) is 0.538. The summed E-state index contributed by atoms with van der Waals surface area (Å²) in [7, 11) is 0. The zero-order valence-corrected chi connectivity index (χ0v) is 12.5. The average molecular weight is 316 g/mol. The van der Waals surface area contributed by atoms with E-state index in [2.05, 4.69) is 0 Å². The van der Waals surface area contributed by atoms with E-state index in [4.69, 9.17) is 23.7 Å². The Labute approximate surface area is 126 Å². The molecule has 1 aliphatic rings. The van der Waals surface area contributed by atoms with Gasteiger partial charge in [-0.1, -0.05) is 0 Å². The third-order valence-electron chi connectivity index (χ3n) is 2.21. The largest absolute Gasteiger partial charge is 0.450 e. The SMILES string of the molecule is CC(=O)OC(OC(C)=O)C1=CC(OC(C)=O)C(OC(C)=O)O1. The van der Waals surface area contributed by atoms with E-state index in [1.165, 1.54) is 6.08 Å². The van der Waals surface area contributed by atoms with Crippen molar-refractivity contribution >= 4 is 23.9 Å². The zero-order chi connectivity index (χ0) is 16.9. The maximum Gasteiger partial charge on any atom is 0.306 e. The lowest BCUT2D eigenvalue weighted by Gasteiger charge is -2.20. The second-order valence-corrected chi connectivity index (χ2v) is 4.29. The molecule has 9 heteroatoms. The molecular weight excluding hydrogens is 300 g/mol. The van der Waals surface area contributed by atoms with E-state index in [0.29, 0.717) is 0 Å². The molecule has 0 spiro atoms. The number of carbonyl (C=O) groups excluding carboxylic acids is 4. The lowest BCUT2D eigenvalue weighted by molar-refractivity contribution is -0.203. The van der Waals surface area contributed by atoms with Gasteiger partial charge in [-0.25, -0.2) is 0 Å². The first-order valence-electron chi connectivity index (χ1n) is 6.26. The van der Waals surface area contributed by atoms with Crippen LogP contribution in [0.25, 0.3) is 0 Å². The minimum absolute atomic E-state index is 0.122. The molecule has 1 aliphatic heterocycles. The molecule has 0 aromatic rings. The molecule has 0 aromatic heterocycles. The molecule has 2 unspecified atom stereocenters. The Kier molecular flexibility index (Phi) is 5.90. The quantitative estimate of drug-likeness (QED) is 0.397. The Bertz CT molecular complexity index is 492. The lowest BCUT2D eigenvalue weighted by Crippen LogP contribution is -2.31. The van der Waals surface area contributed by atoms with Gasteiger partial charge in [0.25, 0.3) is 6.29 Å². The maximum absolute atomic E-state index is 11.0. The predicted octanol–water partition coefficient (Wildman–Crippen LogP) is 0.174. The van der Waals surface area contributed by atoms with Crippen molar-refractivity contribution in [3.63, 3.8) is 0 Å². The van der Waals surface area contributed by atoms with Gasteiger partial charge in [0.2, 0.25) is 0 Å². The van der Waals surface area contributed by atoms with E-state index in [-0.39, 0.29) is 5.76 Å². The summed E-state index contributed by atoms with van der Waals surface area (Å²) in [6, 6.07) is 0. The molecule has 0 radical (unpaired) electrons. The van der Waals surface area contributed by atoms with E-state index in [9.17, 15) is 19.2 Å². The van der Waals surface area contributed by atoms with Crippen LogP contribution in [0.2, 0.25) is 0 Å². The molecule has 0 aromatic carbocycles. The van der Waals surface area contributed by atoms with Crippen LogP contribution in [-0.4, -0.2) is 42.6 Å². The number of esters is 4. The minimum atomic E-state index is -1.46. The van der Waals surface area contributed by atoms with Crippen LogP contribution in [0.3, 0.4) is 0 Å². The van der Waals surface area contributed by atoms with Crippen molar-refractivity contribution in [1.82, 2.24) is 0 Å². The molecule has 1 rings (SSSR count). The van der Waals surface area contributed by atoms with Crippen LogP contribution in [0.15, 0.2) is 11.8 Å². The first-order valence-corrected chi connectivity index (χ1v) is 6.26. The summed E-state index contributed by atoms with van der Waals surface area (Å²) in [5, 5.41) is 0. The summed E-state index contributed by atoms with van der Waals surface area (Å²) in [5.41, 5.74) is 0. The predicted molar refractivity (Wildman–Crippen MR) is 67.6 cm³/mol. The molecule has 0 amide bonds. The normalized spacial score (nSPS) is 19.8. The van der Waals surface area contributed by atoms with Crippen molar-refractivity contribution in [2.24, 2.45) is 0 Å². The highest BCUT2D eigenvalue weighted by molar-refractivity contribution is 5.69. The maximum atomic E-state index is 11.0. The Hall–Kier alpha value is -2.58. The van der Waals surface area contributed by atoms with Crippen molar-refractivity contribution in [1.29, 1.82) is 0 Å². The molecule has 0 fully saturated rings. The smallest absolute Gasteiger partial charge is 0.306 e. The molecule has 22 heavy (non-hydrogen) atoms. The van der Waals surface area contributed by atoms with E-state index in [0.717, 1.165) is 27.7 Å². The summed E-state index contributed by atoms with van der Waals surface area (Å²) < 4.78 is 24.6. The van der Waals surface area contributed by atoms with Crippen molar-refractivity contribution in [3.8, 4) is 0 Å². The molecule has 122 valence electrons. The molecule has 0 bridgehead atoms. The van der Waals surface area contributed by atoms with E-state index in [1.807, 2.05) is 0 Å². The Morgan fingerprint density at radius 1 is 0.909 bits per heavy atom. The summed E-state index contributed by atoms with van der Waals surface area (Å²) >= 11 is 0. The van der Waals surface area contributed by atoms with Gasteiger partial charge in [-0.15, -0.1) is 0 Å². The highest BCUT2D eigenvalue weighted by atomic mass is 16.8.